The molecular weight excluding hydrogens is 264 g/mol. The van der Waals surface area contributed by atoms with Crippen molar-refractivity contribution in [3.8, 4) is 17.2 Å². The minimum absolute atomic E-state index is 0.179. The minimum Gasteiger partial charge on any atom is -0.504 e. The number of rotatable bonds is 7. The van der Waals surface area contributed by atoms with Gasteiger partial charge < -0.3 is 30.7 Å². The molecule has 0 radical (unpaired) electrons. The van der Waals surface area contributed by atoms with E-state index in [2.05, 4.69) is 10.6 Å². The van der Waals surface area contributed by atoms with Crippen molar-refractivity contribution in [3.05, 3.63) is 17.7 Å². The first-order chi connectivity index (χ1) is 9.47. The second-order valence-corrected chi connectivity index (χ2v) is 4.33. The van der Waals surface area contributed by atoms with E-state index in [1.54, 1.807) is 14.0 Å². The summed E-state index contributed by atoms with van der Waals surface area (Å²) in [4.78, 5) is 11.7. The van der Waals surface area contributed by atoms with Crippen LogP contribution in [0.2, 0.25) is 0 Å². The van der Waals surface area contributed by atoms with Crippen molar-refractivity contribution < 1.29 is 24.9 Å². The molecular formula is C13H20N2O5. The monoisotopic (exact) mass is 284 g/mol. The third-order valence-corrected chi connectivity index (χ3v) is 2.81. The van der Waals surface area contributed by atoms with Crippen molar-refractivity contribution >= 4 is 5.91 Å². The number of methoxy groups -OCH3 is 1. The number of hydrogen-bond donors (Lipinski definition) is 5. The average Bonchev–Trinajstić information content (AvgIpc) is 2.44. The second kappa shape index (κ2) is 7.56. The summed E-state index contributed by atoms with van der Waals surface area (Å²) in [6.45, 7) is 2.72. The molecule has 7 heteroatoms. The zero-order chi connectivity index (χ0) is 15.1. The predicted octanol–water partition coefficient (Wildman–Crippen LogP) is 0.0441. The van der Waals surface area contributed by atoms with Crippen LogP contribution >= 0.6 is 0 Å². The Morgan fingerprint density at radius 2 is 2.00 bits per heavy atom. The molecule has 0 saturated carbocycles. The third kappa shape index (κ3) is 4.29. The lowest BCUT2D eigenvalue weighted by atomic mass is 10.1. The molecule has 112 valence electrons. The molecule has 20 heavy (non-hydrogen) atoms. The van der Waals surface area contributed by atoms with Gasteiger partial charge in [0.25, 0.3) is 0 Å². The zero-order valence-corrected chi connectivity index (χ0v) is 11.5. The van der Waals surface area contributed by atoms with Gasteiger partial charge in [-0.3, -0.25) is 4.79 Å². The predicted molar refractivity (Wildman–Crippen MR) is 72.6 cm³/mol. The number of aromatic hydroxyl groups is 3. The summed E-state index contributed by atoms with van der Waals surface area (Å²) in [7, 11) is 1.55. The van der Waals surface area contributed by atoms with E-state index in [1.165, 1.54) is 12.1 Å². The number of carbonyl (C=O) groups excluding carboxylic acids is 1. The van der Waals surface area contributed by atoms with Crippen LogP contribution < -0.4 is 10.6 Å². The molecule has 0 fully saturated rings. The average molecular weight is 284 g/mol. The summed E-state index contributed by atoms with van der Waals surface area (Å²) in [6.07, 6.45) is 0. The second-order valence-electron chi connectivity index (χ2n) is 4.33. The van der Waals surface area contributed by atoms with Gasteiger partial charge in [0.15, 0.2) is 11.5 Å². The lowest BCUT2D eigenvalue weighted by molar-refractivity contribution is -0.123. The van der Waals surface area contributed by atoms with Crippen LogP contribution in [-0.4, -0.2) is 47.5 Å². The van der Waals surface area contributed by atoms with Crippen molar-refractivity contribution in [2.24, 2.45) is 0 Å². The molecule has 1 rings (SSSR count). The Kier molecular flexibility index (Phi) is 6.08. The smallest absolute Gasteiger partial charge is 0.236 e. The van der Waals surface area contributed by atoms with E-state index < -0.39 is 23.3 Å². The quantitative estimate of drug-likeness (QED) is 0.357. The van der Waals surface area contributed by atoms with Crippen molar-refractivity contribution in [1.82, 2.24) is 10.6 Å². The van der Waals surface area contributed by atoms with Gasteiger partial charge in [0.05, 0.1) is 12.6 Å². The lowest BCUT2D eigenvalue weighted by Crippen LogP contribution is -2.42. The fourth-order valence-electron chi connectivity index (χ4n) is 1.54. The van der Waals surface area contributed by atoms with Gasteiger partial charge in [-0.2, -0.15) is 0 Å². The van der Waals surface area contributed by atoms with E-state index >= 15 is 0 Å². The minimum atomic E-state index is -0.568. The van der Waals surface area contributed by atoms with Gasteiger partial charge in [0.2, 0.25) is 11.7 Å². The molecule has 0 saturated heterocycles. The molecule has 5 N–H and O–H groups in total. The largest absolute Gasteiger partial charge is 0.504 e. The van der Waals surface area contributed by atoms with Crippen LogP contribution in [0.1, 0.15) is 12.5 Å². The molecule has 1 aromatic carbocycles. The Hall–Kier alpha value is -1.99. The Bertz CT molecular complexity index is 464. The van der Waals surface area contributed by atoms with Crippen molar-refractivity contribution in [1.29, 1.82) is 0 Å². The summed E-state index contributed by atoms with van der Waals surface area (Å²) in [6, 6.07) is 2.27. The number of carbonyl (C=O) groups is 1. The standard InChI is InChI=1S/C13H20N2O5/c1-8(13(19)14-5-6-20-2)15-7-9-3-4-10(16)12(18)11(9)17/h3-4,8,15-18H,5-7H2,1-2H3,(H,14,19). The zero-order valence-electron chi connectivity index (χ0n) is 11.5. The maximum absolute atomic E-state index is 11.7. The Balaban J connectivity index is 2.50. The van der Waals surface area contributed by atoms with Crippen molar-refractivity contribution in [3.63, 3.8) is 0 Å². The molecule has 0 aliphatic carbocycles. The number of phenolic OH excluding ortho intramolecular Hbond substituents is 3. The number of amides is 1. The topological polar surface area (TPSA) is 111 Å². The van der Waals surface area contributed by atoms with Crippen LogP contribution in [0.5, 0.6) is 17.2 Å². The molecule has 1 atom stereocenters. The molecule has 1 unspecified atom stereocenters. The Labute approximate surface area is 117 Å². The Morgan fingerprint density at radius 3 is 2.65 bits per heavy atom. The van der Waals surface area contributed by atoms with Crippen molar-refractivity contribution in [2.75, 3.05) is 20.3 Å². The maximum Gasteiger partial charge on any atom is 0.236 e. The van der Waals surface area contributed by atoms with Crippen LogP contribution in [-0.2, 0) is 16.1 Å². The molecule has 1 amide bonds. The molecule has 0 heterocycles. The van der Waals surface area contributed by atoms with E-state index in [0.29, 0.717) is 18.7 Å². The van der Waals surface area contributed by atoms with Crippen LogP contribution in [0, 0.1) is 0 Å². The number of nitrogens with one attached hydrogen (secondary N) is 2. The molecule has 0 aliphatic heterocycles. The van der Waals surface area contributed by atoms with Crippen LogP contribution in [0.25, 0.3) is 0 Å². The number of ether oxygens (including phenoxy) is 1. The number of benzene rings is 1. The van der Waals surface area contributed by atoms with E-state index in [1.807, 2.05) is 0 Å². The number of phenols is 3. The lowest BCUT2D eigenvalue weighted by Gasteiger charge is -2.15. The molecule has 0 spiro atoms. The summed E-state index contributed by atoms with van der Waals surface area (Å²) in [5.74, 6) is -1.55. The van der Waals surface area contributed by atoms with Gasteiger partial charge in [0.1, 0.15) is 0 Å². The van der Waals surface area contributed by atoms with Crippen LogP contribution in [0.3, 0.4) is 0 Å². The number of hydrogen-bond acceptors (Lipinski definition) is 6. The van der Waals surface area contributed by atoms with E-state index in [9.17, 15) is 20.1 Å². The van der Waals surface area contributed by atoms with E-state index in [-0.39, 0.29) is 12.5 Å². The highest BCUT2D eigenvalue weighted by molar-refractivity contribution is 5.81. The molecule has 7 nitrogen and oxygen atoms in total. The van der Waals surface area contributed by atoms with Gasteiger partial charge in [0, 0.05) is 25.8 Å². The fraction of sp³-hybridized carbons (Fsp3) is 0.462. The van der Waals surface area contributed by atoms with Gasteiger partial charge in [-0.1, -0.05) is 6.07 Å². The third-order valence-electron chi connectivity index (χ3n) is 2.81. The molecule has 0 aliphatic rings. The van der Waals surface area contributed by atoms with E-state index in [0.717, 1.165) is 0 Å². The van der Waals surface area contributed by atoms with E-state index in [4.69, 9.17) is 4.74 Å². The summed E-state index contributed by atoms with van der Waals surface area (Å²) in [5, 5.41) is 33.8. The van der Waals surface area contributed by atoms with Gasteiger partial charge in [-0.05, 0) is 13.0 Å². The van der Waals surface area contributed by atoms with Gasteiger partial charge in [-0.15, -0.1) is 0 Å². The van der Waals surface area contributed by atoms with Crippen LogP contribution in [0.15, 0.2) is 12.1 Å². The molecule has 0 bridgehead atoms. The van der Waals surface area contributed by atoms with Gasteiger partial charge >= 0.3 is 0 Å². The highest BCUT2D eigenvalue weighted by atomic mass is 16.5. The fourth-order valence-corrected chi connectivity index (χ4v) is 1.54. The SMILES string of the molecule is COCCNC(=O)C(C)NCc1ccc(O)c(O)c1O. The van der Waals surface area contributed by atoms with Crippen molar-refractivity contribution in [2.45, 2.75) is 19.5 Å². The first kappa shape index (κ1) is 16.1. The Morgan fingerprint density at radius 1 is 1.30 bits per heavy atom. The first-order valence-electron chi connectivity index (χ1n) is 6.20. The highest BCUT2D eigenvalue weighted by Crippen LogP contribution is 2.36. The highest BCUT2D eigenvalue weighted by Gasteiger charge is 2.14. The normalized spacial score (nSPS) is 12.1. The van der Waals surface area contributed by atoms with Crippen LogP contribution in [0.4, 0.5) is 0 Å². The first-order valence-corrected chi connectivity index (χ1v) is 6.20. The maximum atomic E-state index is 11.7. The van der Waals surface area contributed by atoms with Gasteiger partial charge in [-0.25, -0.2) is 0 Å². The summed E-state index contributed by atoms with van der Waals surface area (Å²) >= 11 is 0. The molecule has 1 aromatic rings. The molecule has 0 aromatic heterocycles. The summed E-state index contributed by atoms with van der Waals surface area (Å²) < 4.78 is 4.82. The summed E-state index contributed by atoms with van der Waals surface area (Å²) in [5.41, 5.74) is 0.386.